The van der Waals surface area contributed by atoms with Crippen LogP contribution in [0.2, 0.25) is 0 Å². The van der Waals surface area contributed by atoms with Crippen molar-refractivity contribution in [2.45, 2.75) is 56.6 Å². The predicted octanol–water partition coefficient (Wildman–Crippen LogP) is 4.36. The smallest absolute Gasteiger partial charge is 0.475 e. The Morgan fingerprint density at radius 1 is 1.08 bits per heavy atom. The molecule has 1 saturated carbocycles. The van der Waals surface area contributed by atoms with Crippen LogP contribution in [0.25, 0.3) is 0 Å². The first-order valence-electron chi connectivity index (χ1n) is 10.8. The first kappa shape index (κ1) is 30.5. The lowest BCUT2D eigenvalue weighted by Gasteiger charge is -2.38. The Labute approximate surface area is 211 Å². The maximum absolute atomic E-state index is 10.6. The van der Waals surface area contributed by atoms with E-state index in [1.807, 2.05) is 23.6 Å². The number of hydrogen-bond acceptors (Lipinski definition) is 7. The molecule has 1 saturated heterocycles. The predicted molar refractivity (Wildman–Crippen MR) is 118 cm³/mol. The van der Waals surface area contributed by atoms with Gasteiger partial charge in [-0.3, -0.25) is 9.88 Å². The van der Waals surface area contributed by atoms with Gasteiger partial charge in [0.1, 0.15) is 0 Å². The maximum atomic E-state index is 10.6. The van der Waals surface area contributed by atoms with Gasteiger partial charge in [0, 0.05) is 36.4 Å². The minimum Gasteiger partial charge on any atom is -0.475 e. The van der Waals surface area contributed by atoms with Gasteiger partial charge >= 0.3 is 24.3 Å². The second-order valence-electron chi connectivity index (χ2n) is 7.85. The van der Waals surface area contributed by atoms with Crippen LogP contribution in [-0.2, 0) is 32.2 Å². The van der Waals surface area contributed by atoms with Crippen LogP contribution in [0, 0.1) is 0 Å². The molecule has 206 valence electrons. The number of morpholine rings is 1. The zero-order chi connectivity index (χ0) is 27.6. The first-order chi connectivity index (χ1) is 17.3. The molecule has 2 N–H and O–H groups in total. The number of halogens is 6. The highest BCUT2D eigenvalue weighted by atomic mass is 32.1. The Morgan fingerprint density at radius 3 is 2.24 bits per heavy atom. The molecule has 2 aromatic rings. The summed E-state index contributed by atoms with van der Waals surface area (Å²) >= 11 is 1.84. The fourth-order valence-electron chi connectivity index (χ4n) is 3.66. The molecule has 0 aromatic carbocycles. The maximum Gasteiger partial charge on any atom is 0.490 e. The van der Waals surface area contributed by atoms with Crippen molar-refractivity contribution in [1.29, 1.82) is 0 Å². The highest BCUT2D eigenvalue weighted by molar-refractivity contribution is 7.09. The topological polar surface area (TPSA) is 109 Å². The van der Waals surface area contributed by atoms with Crippen molar-refractivity contribution >= 4 is 23.3 Å². The number of nitrogens with zero attached hydrogens (tertiary/aromatic N) is 2. The summed E-state index contributed by atoms with van der Waals surface area (Å²) in [6.07, 6.45) is -3.85. The van der Waals surface area contributed by atoms with Crippen molar-refractivity contribution < 1.29 is 55.6 Å². The highest BCUT2D eigenvalue weighted by Crippen LogP contribution is 2.33. The fourth-order valence-corrected chi connectivity index (χ4v) is 4.39. The van der Waals surface area contributed by atoms with Gasteiger partial charge in [0.2, 0.25) is 0 Å². The zero-order valence-corrected chi connectivity index (χ0v) is 19.9. The summed E-state index contributed by atoms with van der Waals surface area (Å²) in [7, 11) is 0. The lowest BCUT2D eigenvalue weighted by Crippen LogP contribution is -2.51. The van der Waals surface area contributed by atoms with Gasteiger partial charge in [-0.15, -0.1) is 11.3 Å². The quantitative estimate of drug-likeness (QED) is 0.522. The lowest BCUT2D eigenvalue weighted by molar-refractivity contribution is -0.193. The molecular formula is C22H24F6N2O6S. The molecule has 4 rings (SSSR count). The van der Waals surface area contributed by atoms with E-state index in [0.717, 1.165) is 38.1 Å². The number of carboxylic acids is 2. The number of carboxylic acid groups (broad SMARTS) is 2. The van der Waals surface area contributed by atoms with Gasteiger partial charge in [0.25, 0.3) is 0 Å². The van der Waals surface area contributed by atoms with Crippen LogP contribution in [0.4, 0.5) is 26.3 Å². The molecule has 0 bridgehead atoms. The molecule has 0 radical (unpaired) electrons. The van der Waals surface area contributed by atoms with E-state index in [1.165, 1.54) is 4.88 Å². The second-order valence-corrected chi connectivity index (χ2v) is 8.88. The van der Waals surface area contributed by atoms with Crippen LogP contribution in [0.1, 0.15) is 23.3 Å². The summed E-state index contributed by atoms with van der Waals surface area (Å²) in [5, 5.41) is 16.4. The first-order valence-corrected chi connectivity index (χ1v) is 11.7. The second kappa shape index (κ2) is 13.7. The molecule has 37 heavy (non-hydrogen) atoms. The third-order valence-corrected chi connectivity index (χ3v) is 6.12. The molecule has 8 nitrogen and oxygen atoms in total. The minimum absolute atomic E-state index is 0.200. The highest BCUT2D eigenvalue weighted by Gasteiger charge is 2.43. The average molecular weight is 558 g/mol. The molecule has 2 aliphatic rings. The summed E-state index contributed by atoms with van der Waals surface area (Å²) in [6, 6.07) is 8.86. The van der Waals surface area contributed by atoms with Crippen molar-refractivity contribution in [2.24, 2.45) is 0 Å². The zero-order valence-electron chi connectivity index (χ0n) is 19.1. The largest absolute Gasteiger partial charge is 0.490 e. The van der Waals surface area contributed by atoms with Gasteiger partial charge < -0.3 is 19.7 Å². The van der Waals surface area contributed by atoms with E-state index >= 15 is 0 Å². The van der Waals surface area contributed by atoms with E-state index in [4.69, 9.17) is 29.3 Å². The van der Waals surface area contributed by atoms with Crippen molar-refractivity contribution in [3.63, 3.8) is 0 Å². The molecule has 0 spiro atoms. The van der Waals surface area contributed by atoms with Crippen molar-refractivity contribution in [3.8, 4) is 0 Å². The van der Waals surface area contributed by atoms with Gasteiger partial charge in [-0.1, -0.05) is 12.1 Å². The molecule has 3 heterocycles. The van der Waals surface area contributed by atoms with E-state index in [9.17, 15) is 26.3 Å². The molecule has 3 atom stereocenters. The monoisotopic (exact) mass is 558 g/mol. The van der Waals surface area contributed by atoms with Gasteiger partial charge in [-0.05, 0) is 35.9 Å². The van der Waals surface area contributed by atoms with Crippen molar-refractivity contribution in [1.82, 2.24) is 9.88 Å². The summed E-state index contributed by atoms with van der Waals surface area (Å²) in [4.78, 5) is 26.0. The van der Waals surface area contributed by atoms with Gasteiger partial charge in [-0.25, -0.2) is 9.59 Å². The van der Waals surface area contributed by atoms with Crippen LogP contribution in [0.5, 0.6) is 0 Å². The number of alkyl halides is 6. The van der Waals surface area contributed by atoms with Crippen LogP contribution in [0.15, 0.2) is 42.0 Å². The molecule has 1 aliphatic heterocycles. The number of thiophene rings is 1. The number of fused-ring (bicyclic) bond motifs is 1. The number of pyridine rings is 1. The Morgan fingerprint density at radius 2 is 1.73 bits per heavy atom. The Bertz CT molecular complexity index is 950. The summed E-state index contributed by atoms with van der Waals surface area (Å²) in [6.45, 7) is 3.49. The Balaban J connectivity index is 0.000000286. The third-order valence-electron chi connectivity index (χ3n) is 5.26. The number of aromatic nitrogens is 1. The van der Waals surface area contributed by atoms with E-state index in [2.05, 4.69) is 33.5 Å². The SMILES string of the molecule is O=C(O)C(F)(F)F.O=C(O)C(F)(F)F.c1cncc(CO[C@H]2CC[C@H]3[C@H]2OCCN3Cc2cccs2)c1. The summed E-state index contributed by atoms with van der Waals surface area (Å²) < 4.78 is 75.7. The normalized spacial score (nSPS) is 21.6. The Hall–Kier alpha value is -2.75. The summed E-state index contributed by atoms with van der Waals surface area (Å²) in [5.74, 6) is -5.51. The van der Waals surface area contributed by atoms with Crippen LogP contribution in [-0.4, -0.2) is 75.8 Å². The van der Waals surface area contributed by atoms with Crippen molar-refractivity contribution in [2.75, 3.05) is 13.2 Å². The van der Waals surface area contributed by atoms with Crippen LogP contribution < -0.4 is 0 Å². The Kier molecular flexibility index (Phi) is 11.3. The number of aliphatic carboxylic acids is 2. The molecule has 2 aromatic heterocycles. The van der Waals surface area contributed by atoms with E-state index < -0.39 is 24.3 Å². The standard InChI is InChI=1S/C18H22N2O2S.2C2HF3O2/c1-3-14(11-19-7-1)13-22-17-6-5-16-18(17)21-9-8-20(16)12-15-4-2-10-23-15;2*3-2(4,5)1(6)7/h1-4,7,10-11,16-18H,5-6,8-9,12-13H2;2*(H,6,7)/t16-,17-,18+;;/m0../s1. The van der Waals surface area contributed by atoms with Gasteiger partial charge in [0.15, 0.2) is 0 Å². The van der Waals surface area contributed by atoms with E-state index in [-0.39, 0.29) is 12.2 Å². The van der Waals surface area contributed by atoms with Crippen LogP contribution in [0.3, 0.4) is 0 Å². The molecular weight excluding hydrogens is 534 g/mol. The van der Waals surface area contributed by atoms with Crippen LogP contribution >= 0.6 is 11.3 Å². The van der Waals surface area contributed by atoms with Gasteiger partial charge in [-0.2, -0.15) is 26.3 Å². The number of ether oxygens (including phenoxy) is 2. The molecule has 2 fully saturated rings. The molecule has 1 aliphatic carbocycles. The number of rotatable bonds is 5. The molecule has 0 unspecified atom stereocenters. The lowest BCUT2D eigenvalue weighted by atomic mass is 10.1. The van der Waals surface area contributed by atoms with Gasteiger partial charge in [0.05, 0.1) is 25.4 Å². The summed E-state index contributed by atoms with van der Waals surface area (Å²) in [5.41, 5.74) is 1.13. The number of hydrogen-bond donors (Lipinski definition) is 2. The van der Waals surface area contributed by atoms with Crippen molar-refractivity contribution in [3.05, 3.63) is 52.5 Å². The third kappa shape index (κ3) is 10.3. The fraction of sp³-hybridized carbons (Fsp3) is 0.500. The molecule has 0 amide bonds. The van der Waals surface area contributed by atoms with E-state index in [0.29, 0.717) is 12.6 Å². The minimum atomic E-state index is -5.08. The average Bonchev–Trinajstić information content (AvgIpc) is 3.48. The molecule has 15 heteroatoms. The van der Waals surface area contributed by atoms with E-state index in [1.54, 1.807) is 6.20 Å². The number of carbonyl (C=O) groups is 2.